The highest BCUT2D eigenvalue weighted by molar-refractivity contribution is 5.76. The first-order valence-corrected chi connectivity index (χ1v) is 11.2. The summed E-state index contributed by atoms with van der Waals surface area (Å²) in [5, 5.41) is 10.2. The van der Waals surface area contributed by atoms with Gasteiger partial charge in [0.1, 0.15) is 0 Å². The highest BCUT2D eigenvalue weighted by atomic mass is 16.3. The number of imidazole rings is 1. The Hall–Kier alpha value is -1.59. The molecule has 0 amide bonds. The van der Waals surface area contributed by atoms with E-state index in [1.54, 1.807) is 0 Å². The standard InChI is InChI=1S/C23H33N3O2/c1-2-25-20-7-3-4-8-21(20)26(22(25)28)19-9-13-24(14-17(19)16-27)15-18-6-5-10-23(18)11-12-23/h3-4,7-8,17-19,27H,2,5-6,9-16H2,1H3/t17-,18?,19+/m0/s1. The third-order valence-corrected chi connectivity index (χ3v) is 7.99. The molecule has 5 nitrogen and oxygen atoms in total. The van der Waals surface area contributed by atoms with Gasteiger partial charge in [-0.05, 0) is 62.5 Å². The minimum Gasteiger partial charge on any atom is -0.396 e. The second-order valence-corrected chi connectivity index (χ2v) is 9.40. The summed E-state index contributed by atoms with van der Waals surface area (Å²) in [5.74, 6) is 0.979. The summed E-state index contributed by atoms with van der Waals surface area (Å²) in [6.07, 6.45) is 8.03. The zero-order valence-electron chi connectivity index (χ0n) is 17.0. The van der Waals surface area contributed by atoms with Crippen molar-refractivity contribution in [2.45, 2.75) is 58.0 Å². The van der Waals surface area contributed by atoms with Crippen LogP contribution in [0.5, 0.6) is 0 Å². The molecule has 3 fully saturated rings. The van der Waals surface area contributed by atoms with E-state index in [0.717, 1.165) is 36.5 Å². The smallest absolute Gasteiger partial charge is 0.329 e. The maximum atomic E-state index is 13.2. The van der Waals surface area contributed by atoms with Gasteiger partial charge in [0.25, 0.3) is 0 Å². The van der Waals surface area contributed by atoms with E-state index in [-0.39, 0.29) is 24.3 Å². The molecule has 2 aliphatic carbocycles. The number of para-hydroxylation sites is 2. The number of likely N-dealkylation sites (tertiary alicyclic amines) is 1. The van der Waals surface area contributed by atoms with Gasteiger partial charge < -0.3 is 10.0 Å². The van der Waals surface area contributed by atoms with Crippen LogP contribution in [0.2, 0.25) is 0 Å². The number of aliphatic hydroxyl groups is 1. The van der Waals surface area contributed by atoms with Gasteiger partial charge in [-0.1, -0.05) is 18.6 Å². The minimum atomic E-state index is 0.0772. The Morgan fingerprint density at radius 3 is 2.64 bits per heavy atom. The van der Waals surface area contributed by atoms with E-state index < -0.39 is 0 Å². The van der Waals surface area contributed by atoms with Crippen molar-refractivity contribution in [2.24, 2.45) is 17.3 Å². The quantitative estimate of drug-likeness (QED) is 0.862. The van der Waals surface area contributed by atoms with Crippen LogP contribution in [0.1, 0.15) is 51.5 Å². The van der Waals surface area contributed by atoms with Crippen LogP contribution in [-0.4, -0.2) is 45.4 Å². The normalized spacial score (nSPS) is 29.7. The molecule has 0 radical (unpaired) electrons. The Morgan fingerprint density at radius 2 is 1.93 bits per heavy atom. The van der Waals surface area contributed by atoms with E-state index in [1.165, 1.54) is 38.6 Å². The molecular formula is C23H33N3O2. The van der Waals surface area contributed by atoms with Gasteiger partial charge in [-0.15, -0.1) is 0 Å². The molecule has 1 aromatic heterocycles. The largest absolute Gasteiger partial charge is 0.396 e. The van der Waals surface area contributed by atoms with Gasteiger partial charge in [-0.2, -0.15) is 0 Å². The fourth-order valence-corrected chi connectivity index (χ4v) is 6.26. The molecule has 2 aromatic rings. The van der Waals surface area contributed by atoms with Crippen LogP contribution in [0.3, 0.4) is 0 Å². The maximum Gasteiger partial charge on any atom is 0.329 e. The van der Waals surface area contributed by atoms with Gasteiger partial charge >= 0.3 is 5.69 Å². The molecule has 1 aliphatic heterocycles. The molecule has 152 valence electrons. The fourth-order valence-electron chi connectivity index (χ4n) is 6.26. The number of hydrogen-bond acceptors (Lipinski definition) is 3. The zero-order valence-corrected chi connectivity index (χ0v) is 17.0. The lowest BCUT2D eigenvalue weighted by Gasteiger charge is -2.40. The molecule has 2 saturated carbocycles. The van der Waals surface area contributed by atoms with Gasteiger partial charge in [0.15, 0.2) is 0 Å². The summed E-state index contributed by atoms with van der Waals surface area (Å²) in [6, 6.07) is 8.19. The van der Waals surface area contributed by atoms with E-state index in [1.807, 2.05) is 34.3 Å². The topological polar surface area (TPSA) is 50.4 Å². The number of piperidine rings is 1. The van der Waals surface area contributed by atoms with Crippen LogP contribution in [0.25, 0.3) is 11.0 Å². The monoisotopic (exact) mass is 383 g/mol. The molecule has 2 heterocycles. The highest BCUT2D eigenvalue weighted by Gasteiger charge is 2.52. The van der Waals surface area contributed by atoms with Gasteiger partial charge in [0.2, 0.25) is 0 Å². The Balaban J connectivity index is 1.39. The zero-order chi connectivity index (χ0) is 19.3. The van der Waals surface area contributed by atoms with Gasteiger partial charge in [-0.3, -0.25) is 9.13 Å². The molecule has 5 rings (SSSR count). The van der Waals surface area contributed by atoms with E-state index in [4.69, 9.17) is 0 Å². The second kappa shape index (κ2) is 7.03. The van der Waals surface area contributed by atoms with Crippen molar-refractivity contribution in [3.8, 4) is 0 Å². The molecule has 1 spiro atoms. The lowest BCUT2D eigenvalue weighted by atomic mass is 9.88. The van der Waals surface area contributed by atoms with Crippen LogP contribution >= 0.6 is 0 Å². The summed E-state index contributed by atoms with van der Waals surface area (Å²) in [5.41, 5.74) is 2.78. The third kappa shape index (κ3) is 2.86. The molecule has 5 heteroatoms. The van der Waals surface area contributed by atoms with Crippen molar-refractivity contribution in [3.63, 3.8) is 0 Å². The Kier molecular flexibility index (Phi) is 4.63. The SMILES string of the molecule is CCn1c(=O)n([C@@H]2CCN(CC3CCCC34CC4)C[C@H]2CO)c2ccccc21. The number of hydrogen-bond donors (Lipinski definition) is 1. The predicted octanol–water partition coefficient (Wildman–Crippen LogP) is 3.26. The lowest BCUT2D eigenvalue weighted by Crippen LogP contribution is -2.46. The predicted molar refractivity (Wildman–Crippen MR) is 112 cm³/mol. The Bertz CT molecular complexity index is 910. The van der Waals surface area contributed by atoms with E-state index in [0.29, 0.717) is 12.0 Å². The molecule has 1 saturated heterocycles. The second-order valence-electron chi connectivity index (χ2n) is 9.40. The first-order chi connectivity index (χ1) is 13.7. The van der Waals surface area contributed by atoms with Crippen molar-refractivity contribution in [1.82, 2.24) is 14.0 Å². The lowest BCUT2D eigenvalue weighted by molar-refractivity contribution is 0.0618. The average molecular weight is 384 g/mol. The summed E-state index contributed by atoms with van der Waals surface area (Å²) in [7, 11) is 0. The highest BCUT2D eigenvalue weighted by Crippen LogP contribution is 2.61. The minimum absolute atomic E-state index is 0.0772. The number of aromatic nitrogens is 2. The molecular weight excluding hydrogens is 350 g/mol. The molecule has 28 heavy (non-hydrogen) atoms. The van der Waals surface area contributed by atoms with Crippen LogP contribution in [0.4, 0.5) is 0 Å². The van der Waals surface area contributed by atoms with E-state index >= 15 is 0 Å². The summed E-state index contributed by atoms with van der Waals surface area (Å²) < 4.78 is 3.85. The van der Waals surface area contributed by atoms with Crippen molar-refractivity contribution in [1.29, 1.82) is 0 Å². The first-order valence-electron chi connectivity index (χ1n) is 11.2. The number of aryl methyl sites for hydroxylation is 1. The molecule has 1 unspecified atom stereocenters. The Labute approximate surface area is 166 Å². The summed E-state index contributed by atoms with van der Waals surface area (Å²) >= 11 is 0. The first kappa shape index (κ1) is 18.4. The number of rotatable bonds is 5. The maximum absolute atomic E-state index is 13.2. The molecule has 1 N–H and O–H groups in total. The van der Waals surface area contributed by atoms with Gasteiger partial charge in [0, 0.05) is 44.7 Å². The van der Waals surface area contributed by atoms with Crippen molar-refractivity contribution >= 4 is 11.0 Å². The number of fused-ring (bicyclic) bond motifs is 1. The number of nitrogens with zero attached hydrogens (tertiary/aromatic N) is 3. The van der Waals surface area contributed by atoms with Gasteiger partial charge in [0.05, 0.1) is 11.0 Å². The molecule has 0 bridgehead atoms. The molecule has 3 aliphatic rings. The van der Waals surface area contributed by atoms with E-state index in [2.05, 4.69) is 11.0 Å². The van der Waals surface area contributed by atoms with Gasteiger partial charge in [-0.25, -0.2) is 4.79 Å². The van der Waals surface area contributed by atoms with Crippen LogP contribution < -0.4 is 5.69 Å². The fraction of sp³-hybridized carbons (Fsp3) is 0.696. The van der Waals surface area contributed by atoms with Crippen LogP contribution in [0.15, 0.2) is 29.1 Å². The summed E-state index contributed by atoms with van der Waals surface area (Å²) in [6.45, 7) is 5.99. The number of aliphatic hydroxyl groups excluding tert-OH is 1. The molecule has 3 atom stereocenters. The average Bonchev–Trinajstić information content (AvgIpc) is 3.31. The van der Waals surface area contributed by atoms with Crippen LogP contribution in [-0.2, 0) is 6.54 Å². The van der Waals surface area contributed by atoms with Crippen molar-refractivity contribution < 1.29 is 5.11 Å². The Morgan fingerprint density at radius 1 is 1.14 bits per heavy atom. The third-order valence-electron chi connectivity index (χ3n) is 7.99. The van der Waals surface area contributed by atoms with Crippen LogP contribution in [0, 0.1) is 17.3 Å². The van der Waals surface area contributed by atoms with E-state index in [9.17, 15) is 9.90 Å². The number of benzene rings is 1. The summed E-state index contributed by atoms with van der Waals surface area (Å²) in [4.78, 5) is 15.7. The van der Waals surface area contributed by atoms with Crippen molar-refractivity contribution in [3.05, 3.63) is 34.7 Å². The molecule has 1 aromatic carbocycles. The van der Waals surface area contributed by atoms with Crippen molar-refractivity contribution in [2.75, 3.05) is 26.2 Å².